The van der Waals surface area contributed by atoms with Gasteiger partial charge >= 0.3 is 0 Å². The number of para-hydroxylation sites is 3. The number of fused-ring (bicyclic) bond motifs is 8. The van der Waals surface area contributed by atoms with Gasteiger partial charge in [0.25, 0.3) is 0 Å². The average Bonchev–Trinajstić information content (AvgIpc) is 3.80. The van der Waals surface area contributed by atoms with Gasteiger partial charge in [0.15, 0.2) is 0 Å². The van der Waals surface area contributed by atoms with Crippen LogP contribution in [0.25, 0.3) is 68.2 Å². The Hall–Kier alpha value is -5.68. The lowest BCUT2D eigenvalue weighted by molar-refractivity contribution is 1.18. The highest BCUT2D eigenvalue weighted by atomic mass is 32.1. The Morgan fingerprint density at radius 1 is 0.375 bits per heavy atom. The van der Waals surface area contributed by atoms with Gasteiger partial charge < -0.3 is 9.47 Å². The number of aromatic nitrogens is 1. The van der Waals surface area contributed by atoms with Gasteiger partial charge in [0.1, 0.15) is 0 Å². The highest BCUT2D eigenvalue weighted by molar-refractivity contribution is 7.36. The van der Waals surface area contributed by atoms with Crippen LogP contribution in [0.4, 0.5) is 17.1 Å². The van der Waals surface area contributed by atoms with E-state index in [0.29, 0.717) is 0 Å². The predicted molar refractivity (Wildman–Crippen MR) is 209 cm³/mol. The van der Waals surface area contributed by atoms with Gasteiger partial charge in [-0.15, -0.1) is 22.7 Å². The van der Waals surface area contributed by atoms with Crippen LogP contribution in [0, 0.1) is 0 Å². The first kappa shape index (κ1) is 27.4. The van der Waals surface area contributed by atoms with Crippen molar-refractivity contribution < 1.29 is 0 Å². The summed E-state index contributed by atoms with van der Waals surface area (Å²) in [7, 11) is 0. The van der Waals surface area contributed by atoms with Crippen molar-refractivity contribution in [1.82, 2.24) is 4.57 Å². The molecule has 48 heavy (non-hydrogen) atoms. The van der Waals surface area contributed by atoms with E-state index in [4.69, 9.17) is 0 Å². The molecule has 0 radical (unpaired) electrons. The molecule has 0 saturated heterocycles. The molecule has 10 rings (SSSR count). The highest BCUT2D eigenvalue weighted by Crippen LogP contribution is 2.46. The fraction of sp³-hybridized carbons (Fsp3) is 0. The van der Waals surface area contributed by atoms with E-state index in [0.717, 1.165) is 17.1 Å². The van der Waals surface area contributed by atoms with E-state index < -0.39 is 0 Å². The minimum absolute atomic E-state index is 1.13. The molecule has 0 N–H and O–H groups in total. The van der Waals surface area contributed by atoms with Gasteiger partial charge in [-0.05, 0) is 83.9 Å². The van der Waals surface area contributed by atoms with Crippen LogP contribution in [0.5, 0.6) is 0 Å². The highest BCUT2D eigenvalue weighted by Gasteiger charge is 2.18. The maximum atomic E-state index is 2.38. The Bertz CT molecular complexity index is 2790. The lowest BCUT2D eigenvalue weighted by Crippen LogP contribution is -2.09. The minimum atomic E-state index is 1.13. The van der Waals surface area contributed by atoms with Crippen LogP contribution in [-0.2, 0) is 0 Å². The van der Waals surface area contributed by atoms with Gasteiger partial charge in [0, 0.05) is 53.7 Å². The summed E-state index contributed by atoms with van der Waals surface area (Å²) in [5, 5.41) is 5.21. The van der Waals surface area contributed by atoms with Gasteiger partial charge in [0.05, 0.1) is 20.4 Å². The molecule has 3 aromatic heterocycles. The number of nitrogens with zero attached hydrogens (tertiary/aromatic N) is 2. The van der Waals surface area contributed by atoms with Crippen LogP contribution in [0.2, 0.25) is 0 Å². The van der Waals surface area contributed by atoms with E-state index in [9.17, 15) is 0 Å². The van der Waals surface area contributed by atoms with E-state index in [-0.39, 0.29) is 0 Å². The fourth-order valence-electron chi connectivity index (χ4n) is 7.19. The molecule has 7 aromatic carbocycles. The molecule has 0 spiro atoms. The zero-order valence-corrected chi connectivity index (χ0v) is 27.5. The number of thiophene rings is 2. The largest absolute Gasteiger partial charge is 0.310 e. The number of hydrogen-bond acceptors (Lipinski definition) is 3. The quantitative estimate of drug-likeness (QED) is 0.180. The topological polar surface area (TPSA) is 8.17 Å². The first-order valence-electron chi connectivity index (χ1n) is 16.2. The Morgan fingerprint density at radius 2 is 1.00 bits per heavy atom. The van der Waals surface area contributed by atoms with Crippen LogP contribution in [0.15, 0.2) is 170 Å². The van der Waals surface area contributed by atoms with E-state index in [1.54, 1.807) is 0 Å². The SMILES string of the molecule is c1ccc(N(c2cccc(-c3ccc4c(c3)c3ccccc3n4-c3ccccc3)c2)c2ccc3c(c2)sc2c4ccccc4sc32)cc1. The number of rotatable bonds is 5. The summed E-state index contributed by atoms with van der Waals surface area (Å²) in [6, 6.07) is 61.7. The second kappa shape index (κ2) is 11.0. The van der Waals surface area contributed by atoms with Crippen LogP contribution in [0.1, 0.15) is 0 Å². The summed E-state index contributed by atoms with van der Waals surface area (Å²) in [6.07, 6.45) is 0. The molecule has 226 valence electrons. The van der Waals surface area contributed by atoms with Crippen molar-refractivity contribution in [3.63, 3.8) is 0 Å². The lowest BCUT2D eigenvalue weighted by atomic mass is 10.0. The standard InChI is InChI=1S/C44H28N2S2/c1-3-13-31(14-4-1)45(34-23-24-37-42(28-34)48-43-36-19-8-10-21-41(36)47-44(37)43)33-17-11-12-29(26-33)30-22-25-40-38(27-30)35-18-7-9-20-39(35)46(40)32-15-5-2-6-16-32/h1-28H. The molecule has 3 heterocycles. The summed E-state index contributed by atoms with van der Waals surface area (Å²) in [5.41, 5.74) is 9.43. The normalized spacial score (nSPS) is 11.8. The van der Waals surface area contributed by atoms with Crippen molar-refractivity contribution in [2.75, 3.05) is 4.90 Å². The molecule has 0 saturated carbocycles. The van der Waals surface area contributed by atoms with Crippen molar-refractivity contribution in [2.24, 2.45) is 0 Å². The van der Waals surface area contributed by atoms with Crippen LogP contribution >= 0.6 is 22.7 Å². The molecule has 0 bridgehead atoms. The van der Waals surface area contributed by atoms with Gasteiger partial charge in [-0.25, -0.2) is 0 Å². The van der Waals surface area contributed by atoms with Crippen molar-refractivity contribution in [2.45, 2.75) is 0 Å². The fourth-order valence-corrected chi connectivity index (χ4v) is 9.88. The maximum absolute atomic E-state index is 2.38. The van der Waals surface area contributed by atoms with Crippen molar-refractivity contribution in [3.05, 3.63) is 170 Å². The third-order valence-electron chi connectivity index (χ3n) is 9.37. The van der Waals surface area contributed by atoms with Crippen LogP contribution in [0.3, 0.4) is 0 Å². The van der Waals surface area contributed by atoms with E-state index in [1.165, 1.54) is 68.2 Å². The molecule has 2 nitrogen and oxygen atoms in total. The smallest absolute Gasteiger partial charge is 0.0542 e. The number of hydrogen-bond donors (Lipinski definition) is 0. The van der Waals surface area contributed by atoms with Gasteiger partial charge in [-0.2, -0.15) is 0 Å². The zero-order valence-electron chi connectivity index (χ0n) is 25.9. The van der Waals surface area contributed by atoms with Crippen molar-refractivity contribution in [3.8, 4) is 16.8 Å². The minimum Gasteiger partial charge on any atom is -0.310 e. The first-order chi connectivity index (χ1) is 23.8. The summed E-state index contributed by atoms with van der Waals surface area (Å²) >= 11 is 3.80. The second-order valence-electron chi connectivity index (χ2n) is 12.2. The van der Waals surface area contributed by atoms with Gasteiger partial charge in [-0.1, -0.05) is 97.1 Å². The average molecular weight is 649 g/mol. The van der Waals surface area contributed by atoms with Gasteiger partial charge in [0.2, 0.25) is 0 Å². The van der Waals surface area contributed by atoms with Gasteiger partial charge in [-0.3, -0.25) is 0 Å². The monoisotopic (exact) mass is 648 g/mol. The Labute approximate surface area is 286 Å². The first-order valence-corrected chi connectivity index (χ1v) is 17.8. The zero-order chi connectivity index (χ0) is 31.6. The molecule has 0 amide bonds. The molecule has 0 atom stereocenters. The van der Waals surface area contributed by atoms with Crippen LogP contribution in [-0.4, -0.2) is 4.57 Å². The van der Waals surface area contributed by atoms with Crippen LogP contribution < -0.4 is 4.90 Å². The van der Waals surface area contributed by atoms with E-state index >= 15 is 0 Å². The molecular formula is C44H28N2S2. The third-order valence-corrected chi connectivity index (χ3v) is 11.9. The number of anilines is 3. The lowest BCUT2D eigenvalue weighted by Gasteiger charge is -2.26. The molecular weight excluding hydrogens is 621 g/mol. The molecule has 0 aliphatic rings. The number of benzene rings is 7. The molecule has 0 aliphatic heterocycles. The Balaban J connectivity index is 1.11. The van der Waals surface area contributed by atoms with E-state index in [1.807, 2.05) is 22.7 Å². The molecule has 10 aromatic rings. The second-order valence-corrected chi connectivity index (χ2v) is 14.3. The van der Waals surface area contributed by atoms with E-state index in [2.05, 4.69) is 179 Å². The summed E-state index contributed by atoms with van der Waals surface area (Å²) in [5.74, 6) is 0. The van der Waals surface area contributed by atoms with Crippen molar-refractivity contribution >= 4 is 91.1 Å². The summed E-state index contributed by atoms with van der Waals surface area (Å²) < 4.78 is 7.82. The maximum Gasteiger partial charge on any atom is 0.0542 e. The Morgan fingerprint density at radius 3 is 1.85 bits per heavy atom. The summed E-state index contributed by atoms with van der Waals surface area (Å²) in [6.45, 7) is 0. The van der Waals surface area contributed by atoms with Crippen molar-refractivity contribution in [1.29, 1.82) is 0 Å². The Kier molecular flexibility index (Phi) is 6.26. The molecule has 0 fully saturated rings. The summed E-state index contributed by atoms with van der Waals surface area (Å²) in [4.78, 5) is 2.38. The molecule has 0 unspecified atom stereocenters. The predicted octanol–water partition coefficient (Wildman–Crippen LogP) is 13.5. The molecule has 0 aliphatic carbocycles. The third kappa shape index (κ3) is 4.31. The molecule has 4 heteroatoms.